The lowest BCUT2D eigenvalue weighted by Crippen LogP contribution is -2.06. The van der Waals surface area contributed by atoms with E-state index in [9.17, 15) is 19.8 Å². The second-order valence-corrected chi connectivity index (χ2v) is 7.89. The smallest absolute Gasteiger partial charge is 0.335 e. The van der Waals surface area contributed by atoms with Crippen molar-refractivity contribution >= 4 is 11.8 Å². The van der Waals surface area contributed by atoms with E-state index in [1.807, 2.05) is 37.3 Å². The molecule has 0 amide bonds. The first-order chi connectivity index (χ1) is 15.3. The van der Waals surface area contributed by atoms with Gasteiger partial charge in [-0.15, -0.1) is 0 Å². The Balaban J connectivity index is 1.81. The van der Waals surface area contributed by atoms with E-state index < -0.39 is 12.1 Å². The molecule has 3 aromatic rings. The van der Waals surface area contributed by atoms with Crippen molar-refractivity contribution in [2.24, 2.45) is 0 Å². The van der Waals surface area contributed by atoms with Gasteiger partial charge in [0.05, 0.1) is 5.56 Å². The molecule has 0 aliphatic heterocycles. The van der Waals surface area contributed by atoms with Gasteiger partial charge in [-0.25, -0.2) is 4.79 Å². The van der Waals surface area contributed by atoms with E-state index in [-0.39, 0.29) is 11.3 Å². The summed E-state index contributed by atoms with van der Waals surface area (Å²) >= 11 is 0. The summed E-state index contributed by atoms with van der Waals surface area (Å²) in [6.07, 6.45) is 0.818. The normalized spacial score (nSPS) is 11.8. The Morgan fingerprint density at radius 1 is 1.00 bits per heavy atom. The molecule has 0 aliphatic carbocycles. The van der Waals surface area contributed by atoms with Crippen LogP contribution in [0.2, 0.25) is 0 Å². The monoisotopic (exact) mass is 432 g/mol. The van der Waals surface area contributed by atoms with Crippen LogP contribution in [-0.2, 0) is 13.0 Å². The third-order valence-corrected chi connectivity index (χ3v) is 5.55. The van der Waals surface area contributed by atoms with Crippen molar-refractivity contribution in [1.82, 2.24) is 0 Å². The van der Waals surface area contributed by atoms with Gasteiger partial charge in [0.15, 0.2) is 5.78 Å². The van der Waals surface area contributed by atoms with Crippen molar-refractivity contribution < 1.29 is 24.5 Å². The van der Waals surface area contributed by atoms with Crippen LogP contribution in [0.1, 0.15) is 74.9 Å². The van der Waals surface area contributed by atoms with Crippen LogP contribution in [0.25, 0.3) is 0 Å². The number of hydrogen-bond acceptors (Lipinski definition) is 4. The maximum atomic E-state index is 11.9. The Morgan fingerprint density at radius 3 is 2.34 bits per heavy atom. The van der Waals surface area contributed by atoms with Crippen molar-refractivity contribution in [2.45, 2.75) is 46.3 Å². The maximum Gasteiger partial charge on any atom is 0.335 e. The summed E-state index contributed by atoms with van der Waals surface area (Å²) in [7, 11) is 0. The lowest BCUT2D eigenvalue weighted by Gasteiger charge is -2.17. The summed E-state index contributed by atoms with van der Waals surface area (Å²) in [5.74, 6) is -0.232. The molecule has 0 heterocycles. The van der Waals surface area contributed by atoms with Crippen LogP contribution in [0.4, 0.5) is 0 Å². The summed E-state index contributed by atoms with van der Waals surface area (Å²) in [6, 6.07) is 17.4. The van der Waals surface area contributed by atoms with Crippen molar-refractivity contribution in [1.29, 1.82) is 0 Å². The molecule has 0 aliphatic rings. The highest BCUT2D eigenvalue weighted by molar-refractivity contribution is 5.96. The van der Waals surface area contributed by atoms with Crippen LogP contribution in [0, 0.1) is 6.92 Å². The Kier molecular flexibility index (Phi) is 7.44. The highest BCUT2D eigenvalue weighted by Gasteiger charge is 2.15. The number of aliphatic hydroxyl groups is 1. The molecule has 32 heavy (non-hydrogen) atoms. The summed E-state index contributed by atoms with van der Waals surface area (Å²) in [6.45, 7) is 5.93. The van der Waals surface area contributed by atoms with E-state index in [1.165, 1.54) is 12.1 Å². The minimum Gasteiger partial charge on any atom is -0.489 e. The number of benzene rings is 3. The molecule has 1 atom stereocenters. The molecule has 5 heteroatoms. The first kappa shape index (κ1) is 23.2. The first-order valence-corrected chi connectivity index (χ1v) is 10.7. The zero-order valence-corrected chi connectivity index (χ0v) is 18.6. The Labute approximate surface area is 188 Å². The molecular weight excluding hydrogens is 404 g/mol. The molecule has 0 saturated heterocycles. The summed E-state index contributed by atoms with van der Waals surface area (Å²) in [5, 5.41) is 20.0. The largest absolute Gasteiger partial charge is 0.489 e. The molecule has 166 valence electrons. The average Bonchev–Trinajstić information content (AvgIpc) is 2.79. The van der Waals surface area contributed by atoms with Gasteiger partial charge in [-0.3, -0.25) is 4.79 Å². The van der Waals surface area contributed by atoms with Crippen LogP contribution < -0.4 is 4.74 Å². The second kappa shape index (κ2) is 10.2. The van der Waals surface area contributed by atoms with Crippen molar-refractivity contribution in [3.8, 4) is 5.75 Å². The number of carboxylic acids is 1. The minimum absolute atomic E-state index is 0.0417. The molecule has 0 spiro atoms. The Morgan fingerprint density at radius 2 is 1.69 bits per heavy atom. The quantitative estimate of drug-likeness (QED) is 0.436. The number of carboxylic acid groups (broad SMARTS) is 1. The molecule has 3 rings (SSSR count). The second-order valence-electron chi connectivity index (χ2n) is 7.89. The molecule has 3 aromatic carbocycles. The van der Waals surface area contributed by atoms with Gasteiger partial charge in [0, 0.05) is 5.56 Å². The van der Waals surface area contributed by atoms with Crippen LogP contribution >= 0.6 is 0 Å². The average molecular weight is 433 g/mol. The number of aliphatic hydroxyl groups excluding tert-OH is 1. The van der Waals surface area contributed by atoms with Gasteiger partial charge in [0.1, 0.15) is 18.5 Å². The van der Waals surface area contributed by atoms with Gasteiger partial charge < -0.3 is 14.9 Å². The fourth-order valence-electron chi connectivity index (χ4n) is 3.86. The zero-order valence-electron chi connectivity index (χ0n) is 18.6. The van der Waals surface area contributed by atoms with Crippen molar-refractivity contribution in [3.05, 3.63) is 99.6 Å². The number of aromatic carboxylic acids is 1. The number of carbonyl (C=O) groups excluding carboxylic acids is 1. The van der Waals surface area contributed by atoms with E-state index in [0.717, 1.165) is 40.8 Å². The van der Waals surface area contributed by atoms with E-state index in [4.69, 9.17) is 4.74 Å². The van der Waals surface area contributed by atoms with Crippen LogP contribution in [0.3, 0.4) is 0 Å². The molecule has 1 unspecified atom stereocenters. The van der Waals surface area contributed by atoms with Gasteiger partial charge in [0.2, 0.25) is 0 Å². The standard InChI is InChI=1S/C27H28O5/c1-4-7-24-17(2)23(18(3)28)12-13-25(24)32-16-19-8-5-9-20(14-19)26(29)21-10-6-11-22(15-21)27(30)31/h5-6,8-15,26,29H,4,7,16H2,1-3H3,(H,30,31). The van der Waals surface area contributed by atoms with Gasteiger partial charge in [-0.2, -0.15) is 0 Å². The molecule has 5 nitrogen and oxygen atoms in total. The van der Waals surface area contributed by atoms with Crippen LogP contribution in [0.15, 0.2) is 60.7 Å². The first-order valence-electron chi connectivity index (χ1n) is 10.7. The summed E-state index contributed by atoms with van der Waals surface area (Å²) in [5.41, 5.74) is 4.91. The van der Waals surface area contributed by atoms with Gasteiger partial charge >= 0.3 is 5.97 Å². The zero-order chi connectivity index (χ0) is 23.3. The molecular formula is C27H28O5. The van der Waals surface area contributed by atoms with Crippen molar-refractivity contribution in [3.63, 3.8) is 0 Å². The van der Waals surface area contributed by atoms with Gasteiger partial charge in [0.25, 0.3) is 0 Å². The molecule has 0 radical (unpaired) electrons. The Hall–Kier alpha value is -3.44. The fraction of sp³-hybridized carbons (Fsp3) is 0.259. The van der Waals surface area contributed by atoms with E-state index >= 15 is 0 Å². The molecule has 0 bridgehead atoms. The highest BCUT2D eigenvalue weighted by Crippen LogP contribution is 2.29. The van der Waals surface area contributed by atoms with E-state index in [1.54, 1.807) is 25.1 Å². The lowest BCUT2D eigenvalue weighted by atomic mass is 9.96. The number of ketones is 1. The molecule has 0 aromatic heterocycles. The topological polar surface area (TPSA) is 83.8 Å². The van der Waals surface area contributed by atoms with Gasteiger partial charge in [-0.05, 0) is 78.4 Å². The predicted molar refractivity (Wildman–Crippen MR) is 123 cm³/mol. The Bertz CT molecular complexity index is 1130. The molecule has 0 saturated carbocycles. The fourth-order valence-corrected chi connectivity index (χ4v) is 3.86. The molecule has 0 fully saturated rings. The maximum absolute atomic E-state index is 11.9. The highest BCUT2D eigenvalue weighted by atomic mass is 16.5. The minimum atomic E-state index is -1.03. The number of rotatable bonds is 9. The number of hydrogen-bond donors (Lipinski definition) is 2. The SMILES string of the molecule is CCCc1c(OCc2cccc(C(O)c3cccc(C(=O)O)c3)c2)ccc(C(C)=O)c1C. The van der Waals surface area contributed by atoms with E-state index in [2.05, 4.69) is 6.92 Å². The lowest BCUT2D eigenvalue weighted by molar-refractivity contribution is 0.0696. The molecule has 2 N–H and O–H groups in total. The van der Waals surface area contributed by atoms with Crippen molar-refractivity contribution in [2.75, 3.05) is 0 Å². The predicted octanol–water partition coefficient (Wildman–Crippen LogP) is 5.51. The van der Waals surface area contributed by atoms with Gasteiger partial charge in [-0.1, -0.05) is 43.7 Å². The number of carbonyl (C=O) groups is 2. The third-order valence-electron chi connectivity index (χ3n) is 5.55. The summed E-state index contributed by atoms with van der Waals surface area (Å²) < 4.78 is 6.11. The third kappa shape index (κ3) is 5.24. The van der Waals surface area contributed by atoms with E-state index in [0.29, 0.717) is 17.7 Å². The van der Waals surface area contributed by atoms with Crippen LogP contribution in [0.5, 0.6) is 5.75 Å². The summed E-state index contributed by atoms with van der Waals surface area (Å²) in [4.78, 5) is 23.1. The number of Topliss-reactive ketones (excluding diaryl/α,β-unsaturated/α-hetero) is 1. The van der Waals surface area contributed by atoms with Crippen LogP contribution in [-0.4, -0.2) is 22.0 Å². The number of ether oxygens (including phenoxy) is 1.